The van der Waals surface area contributed by atoms with E-state index >= 15 is 0 Å². The molecule has 0 heterocycles. The summed E-state index contributed by atoms with van der Waals surface area (Å²) in [5.74, 6) is 0.356. The summed E-state index contributed by atoms with van der Waals surface area (Å²) in [6.07, 6.45) is 7.74. The summed E-state index contributed by atoms with van der Waals surface area (Å²) < 4.78 is 5.33. The fourth-order valence-electron chi connectivity index (χ4n) is 3.32. The first-order valence-electron chi connectivity index (χ1n) is 12.2. The molecule has 0 radical (unpaired) electrons. The fraction of sp³-hybridized carbons (Fsp3) is 0.481. The minimum Gasteiger partial charge on any atom is -0.427 e. The summed E-state index contributed by atoms with van der Waals surface area (Å²) in [4.78, 5) is 28.5. The zero-order chi connectivity index (χ0) is 23.9. The number of hydrogen-bond donors (Lipinski definition) is 1. The molecular formula is C27H38N2O3S. The number of nitrogens with one attached hydrogen (secondary N) is 1. The van der Waals surface area contributed by atoms with Gasteiger partial charge in [-0.05, 0) is 61.7 Å². The van der Waals surface area contributed by atoms with Crippen LogP contribution in [0.5, 0.6) is 5.75 Å². The molecule has 2 aromatic rings. The van der Waals surface area contributed by atoms with Gasteiger partial charge < -0.3 is 10.1 Å². The van der Waals surface area contributed by atoms with Crippen molar-refractivity contribution in [1.82, 2.24) is 5.32 Å². The Bertz CT molecular complexity index is 855. The molecule has 2 amide bonds. The van der Waals surface area contributed by atoms with Gasteiger partial charge in [-0.1, -0.05) is 64.3 Å². The lowest BCUT2D eigenvalue weighted by Gasteiger charge is -2.23. The first-order valence-corrected chi connectivity index (χ1v) is 13.0. The van der Waals surface area contributed by atoms with Crippen molar-refractivity contribution in [1.29, 1.82) is 0 Å². The second-order valence-corrected chi connectivity index (χ2v) is 9.24. The Kier molecular flexibility index (Phi) is 12.5. The number of benzene rings is 2. The van der Waals surface area contributed by atoms with E-state index in [1.54, 1.807) is 11.8 Å². The van der Waals surface area contributed by atoms with Crippen LogP contribution in [0.3, 0.4) is 0 Å². The number of urea groups is 1. The van der Waals surface area contributed by atoms with Gasteiger partial charge in [0, 0.05) is 35.0 Å². The van der Waals surface area contributed by atoms with Gasteiger partial charge >= 0.3 is 12.0 Å². The average Bonchev–Trinajstić information content (AvgIpc) is 2.81. The number of carbonyl (C=O) groups excluding carboxylic acids is 2. The molecule has 0 aliphatic heterocycles. The first kappa shape index (κ1) is 26.8. The van der Waals surface area contributed by atoms with Gasteiger partial charge in [0.25, 0.3) is 0 Å². The maximum Gasteiger partial charge on any atom is 0.321 e. The molecule has 0 fully saturated rings. The highest BCUT2D eigenvalue weighted by Crippen LogP contribution is 2.31. The van der Waals surface area contributed by atoms with Gasteiger partial charge in [0.2, 0.25) is 0 Å². The molecule has 0 aliphatic rings. The highest BCUT2D eigenvalue weighted by Gasteiger charge is 2.15. The fourth-order valence-corrected chi connectivity index (χ4v) is 4.19. The number of rotatable bonds is 14. The highest BCUT2D eigenvalue weighted by molar-refractivity contribution is 7.99. The van der Waals surface area contributed by atoms with Crippen LogP contribution in [0, 0.1) is 0 Å². The lowest BCUT2D eigenvalue weighted by molar-refractivity contribution is -0.134. The van der Waals surface area contributed by atoms with Crippen LogP contribution in [0.2, 0.25) is 0 Å². The maximum absolute atomic E-state index is 12.9. The predicted octanol–water partition coefficient (Wildman–Crippen LogP) is 7.44. The largest absolute Gasteiger partial charge is 0.427 e. The minimum absolute atomic E-state index is 0.0275. The molecule has 0 aromatic heterocycles. The SMILES string of the molecule is CCCCCCNC(=O)N(CCCC)c1cccc(Sc2ccc(OC(=O)CCC)cc2)c1. The molecule has 5 nitrogen and oxygen atoms in total. The molecule has 33 heavy (non-hydrogen) atoms. The second-order valence-electron chi connectivity index (χ2n) is 8.09. The maximum atomic E-state index is 12.9. The summed E-state index contributed by atoms with van der Waals surface area (Å²) >= 11 is 1.62. The Morgan fingerprint density at radius 3 is 2.33 bits per heavy atom. The van der Waals surface area contributed by atoms with E-state index in [9.17, 15) is 9.59 Å². The number of ether oxygens (including phenoxy) is 1. The van der Waals surface area contributed by atoms with Crippen LogP contribution in [0.1, 0.15) is 72.1 Å². The Balaban J connectivity index is 2.03. The molecular weight excluding hydrogens is 432 g/mol. The molecule has 0 saturated heterocycles. The lowest BCUT2D eigenvalue weighted by atomic mass is 10.2. The number of unbranched alkanes of at least 4 members (excludes halogenated alkanes) is 4. The van der Waals surface area contributed by atoms with Crippen molar-refractivity contribution in [2.75, 3.05) is 18.0 Å². The van der Waals surface area contributed by atoms with Gasteiger partial charge in [0.15, 0.2) is 0 Å². The first-order chi connectivity index (χ1) is 16.1. The van der Waals surface area contributed by atoms with Crippen LogP contribution >= 0.6 is 11.8 Å². The number of carbonyl (C=O) groups is 2. The van der Waals surface area contributed by atoms with Gasteiger partial charge in [-0.25, -0.2) is 4.79 Å². The van der Waals surface area contributed by atoms with E-state index in [0.29, 0.717) is 25.3 Å². The van der Waals surface area contributed by atoms with E-state index in [4.69, 9.17) is 4.74 Å². The van der Waals surface area contributed by atoms with Crippen molar-refractivity contribution >= 4 is 29.4 Å². The van der Waals surface area contributed by atoms with Crippen LogP contribution in [0.4, 0.5) is 10.5 Å². The predicted molar refractivity (Wildman–Crippen MR) is 137 cm³/mol. The average molecular weight is 471 g/mol. The summed E-state index contributed by atoms with van der Waals surface area (Å²) in [5.41, 5.74) is 0.907. The van der Waals surface area contributed by atoms with E-state index < -0.39 is 0 Å². The van der Waals surface area contributed by atoms with E-state index in [2.05, 4.69) is 25.2 Å². The van der Waals surface area contributed by atoms with Gasteiger partial charge in [-0.15, -0.1) is 0 Å². The van der Waals surface area contributed by atoms with Crippen LogP contribution in [-0.4, -0.2) is 25.1 Å². The summed E-state index contributed by atoms with van der Waals surface area (Å²) in [5, 5.41) is 3.09. The molecule has 180 valence electrons. The van der Waals surface area contributed by atoms with Gasteiger partial charge in [-0.3, -0.25) is 9.69 Å². The third-order valence-corrected chi connectivity index (χ3v) is 6.16. The van der Waals surface area contributed by atoms with Crippen molar-refractivity contribution in [3.05, 3.63) is 48.5 Å². The summed E-state index contributed by atoms with van der Waals surface area (Å²) in [6, 6.07) is 15.6. The summed E-state index contributed by atoms with van der Waals surface area (Å²) in [7, 11) is 0. The topological polar surface area (TPSA) is 58.6 Å². The molecule has 6 heteroatoms. The smallest absolute Gasteiger partial charge is 0.321 e. The minimum atomic E-state index is -0.207. The van der Waals surface area contributed by atoms with E-state index in [0.717, 1.165) is 47.6 Å². The normalized spacial score (nSPS) is 10.6. The Labute approximate surface area is 203 Å². The standard InChI is InChI=1S/C27H38N2O3S/c1-4-7-9-10-19-28-27(31)29(20-8-5-2)22-13-11-14-25(21-22)33-24-17-15-23(16-18-24)32-26(30)12-6-3/h11,13-18,21H,4-10,12,19-20H2,1-3H3,(H,28,31). The van der Waals surface area contributed by atoms with Crippen molar-refractivity contribution in [3.8, 4) is 5.75 Å². The second kappa shape index (κ2) is 15.4. The monoisotopic (exact) mass is 470 g/mol. The third-order valence-electron chi connectivity index (χ3n) is 5.16. The number of anilines is 1. The van der Waals surface area contributed by atoms with Crippen molar-refractivity contribution < 1.29 is 14.3 Å². The van der Waals surface area contributed by atoms with Gasteiger partial charge in [0.05, 0.1) is 0 Å². The molecule has 0 aliphatic carbocycles. The van der Waals surface area contributed by atoms with Crippen LogP contribution < -0.4 is 15.0 Å². The molecule has 2 rings (SSSR count). The Hall–Kier alpha value is -2.47. The number of nitrogens with zero attached hydrogens (tertiary/aromatic N) is 1. The van der Waals surface area contributed by atoms with Crippen molar-refractivity contribution in [3.63, 3.8) is 0 Å². The Morgan fingerprint density at radius 2 is 1.64 bits per heavy atom. The summed E-state index contributed by atoms with van der Waals surface area (Å²) in [6.45, 7) is 7.69. The molecule has 0 saturated carbocycles. The zero-order valence-electron chi connectivity index (χ0n) is 20.3. The molecule has 0 bridgehead atoms. The van der Waals surface area contributed by atoms with Crippen molar-refractivity contribution in [2.24, 2.45) is 0 Å². The van der Waals surface area contributed by atoms with E-state index in [1.165, 1.54) is 12.8 Å². The number of esters is 1. The lowest BCUT2D eigenvalue weighted by Crippen LogP contribution is -2.41. The molecule has 0 spiro atoms. The molecule has 1 N–H and O–H groups in total. The van der Waals surface area contributed by atoms with Crippen LogP contribution in [-0.2, 0) is 4.79 Å². The van der Waals surface area contributed by atoms with E-state index in [1.807, 2.05) is 54.3 Å². The van der Waals surface area contributed by atoms with Gasteiger partial charge in [0.1, 0.15) is 5.75 Å². The highest BCUT2D eigenvalue weighted by atomic mass is 32.2. The van der Waals surface area contributed by atoms with Gasteiger partial charge in [-0.2, -0.15) is 0 Å². The zero-order valence-corrected chi connectivity index (χ0v) is 21.1. The van der Waals surface area contributed by atoms with Crippen molar-refractivity contribution in [2.45, 2.75) is 81.9 Å². The third kappa shape index (κ3) is 9.91. The van der Waals surface area contributed by atoms with E-state index in [-0.39, 0.29) is 12.0 Å². The quantitative estimate of drug-likeness (QED) is 0.177. The Morgan fingerprint density at radius 1 is 0.879 bits per heavy atom. The molecule has 0 unspecified atom stereocenters. The number of hydrogen-bond acceptors (Lipinski definition) is 4. The number of amides is 2. The molecule has 0 atom stereocenters. The van der Waals surface area contributed by atoms with Crippen LogP contribution in [0.15, 0.2) is 58.3 Å². The van der Waals surface area contributed by atoms with Crippen LogP contribution in [0.25, 0.3) is 0 Å². The molecule has 2 aromatic carbocycles.